The largest absolute Gasteiger partial charge is 0.481 e. The lowest BCUT2D eigenvalue weighted by atomic mass is 9.90. The summed E-state index contributed by atoms with van der Waals surface area (Å²) in [7, 11) is 0. The van der Waals surface area contributed by atoms with E-state index in [2.05, 4.69) is 0 Å². The number of hydrogen-bond donors (Lipinski definition) is 2. The molecule has 120 valence electrons. The second-order valence-electron chi connectivity index (χ2n) is 5.55. The fraction of sp³-hybridized carbons (Fsp3) is 0.235. The van der Waals surface area contributed by atoms with Gasteiger partial charge in [-0.2, -0.15) is 0 Å². The molecule has 2 aromatic carbocycles. The van der Waals surface area contributed by atoms with E-state index in [9.17, 15) is 20.0 Å². The van der Waals surface area contributed by atoms with Crippen LogP contribution in [0.1, 0.15) is 25.3 Å². The zero-order valence-electron chi connectivity index (χ0n) is 12.6. The zero-order valence-corrected chi connectivity index (χ0v) is 12.6. The van der Waals surface area contributed by atoms with E-state index in [4.69, 9.17) is 5.11 Å². The molecular formula is C17H17NO5. The lowest BCUT2D eigenvalue weighted by molar-refractivity contribution is -0.384. The van der Waals surface area contributed by atoms with E-state index in [1.807, 2.05) is 0 Å². The van der Waals surface area contributed by atoms with Crippen LogP contribution in [-0.4, -0.2) is 21.1 Å². The van der Waals surface area contributed by atoms with Crippen LogP contribution in [0.5, 0.6) is 0 Å². The maximum atomic E-state index is 10.6. The van der Waals surface area contributed by atoms with Crippen LogP contribution in [0.3, 0.4) is 0 Å². The Balaban J connectivity index is 2.18. The van der Waals surface area contributed by atoms with Crippen LogP contribution in [-0.2, 0) is 10.4 Å². The maximum Gasteiger partial charge on any atom is 0.303 e. The summed E-state index contributed by atoms with van der Waals surface area (Å²) in [4.78, 5) is 20.8. The second-order valence-corrected chi connectivity index (χ2v) is 5.55. The molecule has 2 rings (SSSR count). The number of benzene rings is 2. The summed E-state index contributed by atoms with van der Waals surface area (Å²) in [5, 5.41) is 29.7. The number of rotatable bonds is 6. The third-order valence-electron chi connectivity index (χ3n) is 3.74. The van der Waals surface area contributed by atoms with Crippen molar-refractivity contribution in [1.82, 2.24) is 0 Å². The van der Waals surface area contributed by atoms with Gasteiger partial charge < -0.3 is 10.2 Å². The van der Waals surface area contributed by atoms with E-state index in [0.29, 0.717) is 5.56 Å². The first-order valence-electron chi connectivity index (χ1n) is 7.09. The highest BCUT2D eigenvalue weighted by molar-refractivity contribution is 5.67. The Hall–Kier alpha value is -2.73. The van der Waals surface area contributed by atoms with Crippen molar-refractivity contribution in [3.05, 3.63) is 64.2 Å². The summed E-state index contributed by atoms with van der Waals surface area (Å²) < 4.78 is 0. The van der Waals surface area contributed by atoms with Crippen LogP contribution in [0.15, 0.2) is 48.5 Å². The van der Waals surface area contributed by atoms with E-state index >= 15 is 0 Å². The van der Waals surface area contributed by atoms with Crippen LogP contribution >= 0.6 is 0 Å². The summed E-state index contributed by atoms with van der Waals surface area (Å²) >= 11 is 0. The van der Waals surface area contributed by atoms with Gasteiger partial charge in [0.1, 0.15) is 0 Å². The Labute approximate surface area is 133 Å². The second kappa shape index (κ2) is 6.58. The number of nitrogens with zero attached hydrogens (tertiary/aromatic N) is 1. The van der Waals surface area contributed by atoms with Crippen molar-refractivity contribution >= 4 is 11.7 Å². The highest BCUT2D eigenvalue weighted by atomic mass is 16.6. The van der Waals surface area contributed by atoms with E-state index in [0.717, 1.165) is 11.1 Å². The number of carbonyl (C=O) groups is 1. The van der Waals surface area contributed by atoms with Gasteiger partial charge in [-0.25, -0.2) is 0 Å². The molecule has 0 fully saturated rings. The van der Waals surface area contributed by atoms with Gasteiger partial charge in [0.05, 0.1) is 10.5 Å². The molecule has 0 bridgehead atoms. The Morgan fingerprint density at radius 2 is 1.57 bits per heavy atom. The minimum Gasteiger partial charge on any atom is -0.481 e. The molecule has 6 heteroatoms. The van der Waals surface area contributed by atoms with Gasteiger partial charge in [-0.1, -0.05) is 24.3 Å². The summed E-state index contributed by atoms with van der Waals surface area (Å²) in [6.45, 7) is 1.58. The predicted octanol–water partition coefficient (Wildman–Crippen LogP) is 3.33. The fourth-order valence-corrected chi connectivity index (χ4v) is 2.29. The molecule has 0 saturated carbocycles. The Bertz CT molecular complexity index is 705. The number of carboxylic acid groups (broad SMARTS) is 1. The molecule has 0 aliphatic rings. The topological polar surface area (TPSA) is 101 Å². The molecule has 1 unspecified atom stereocenters. The summed E-state index contributed by atoms with van der Waals surface area (Å²) in [5.41, 5.74) is 1.13. The molecule has 0 amide bonds. The highest BCUT2D eigenvalue weighted by Crippen LogP contribution is 2.29. The first-order valence-corrected chi connectivity index (χ1v) is 7.09. The van der Waals surface area contributed by atoms with Crippen molar-refractivity contribution in [2.24, 2.45) is 0 Å². The van der Waals surface area contributed by atoms with E-state index < -0.39 is 16.5 Å². The number of nitro groups is 1. The van der Waals surface area contributed by atoms with E-state index in [-0.39, 0.29) is 18.5 Å². The van der Waals surface area contributed by atoms with Gasteiger partial charge in [-0.05, 0) is 42.2 Å². The molecule has 23 heavy (non-hydrogen) atoms. The number of aliphatic carboxylic acids is 1. The number of carboxylic acids is 1. The van der Waals surface area contributed by atoms with Gasteiger partial charge >= 0.3 is 5.97 Å². The first-order chi connectivity index (χ1) is 10.8. The SMILES string of the molecule is CC(O)(CCC(=O)O)c1ccc(-c2ccc([N+](=O)[O-])cc2)cc1. The number of non-ortho nitro benzene ring substituents is 1. The molecule has 0 radical (unpaired) electrons. The smallest absolute Gasteiger partial charge is 0.303 e. The van der Waals surface area contributed by atoms with Crippen LogP contribution < -0.4 is 0 Å². The van der Waals surface area contributed by atoms with Crippen LogP contribution in [0.2, 0.25) is 0 Å². The summed E-state index contributed by atoms with van der Waals surface area (Å²) in [5.74, 6) is -0.951. The van der Waals surface area contributed by atoms with Gasteiger partial charge in [0.25, 0.3) is 5.69 Å². The van der Waals surface area contributed by atoms with Gasteiger partial charge in [0.15, 0.2) is 0 Å². The van der Waals surface area contributed by atoms with Crippen molar-refractivity contribution in [3.63, 3.8) is 0 Å². The molecule has 2 aromatic rings. The van der Waals surface area contributed by atoms with Crippen molar-refractivity contribution < 1.29 is 19.9 Å². The average Bonchev–Trinajstić information content (AvgIpc) is 2.53. The lowest BCUT2D eigenvalue weighted by Crippen LogP contribution is -2.22. The molecule has 1 atom stereocenters. The van der Waals surface area contributed by atoms with Gasteiger partial charge in [-0.15, -0.1) is 0 Å². The number of aliphatic hydroxyl groups is 1. The fourth-order valence-electron chi connectivity index (χ4n) is 2.29. The van der Waals surface area contributed by atoms with E-state index in [1.165, 1.54) is 12.1 Å². The molecule has 0 saturated heterocycles. The van der Waals surface area contributed by atoms with Crippen LogP contribution in [0, 0.1) is 10.1 Å². The lowest BCUT2D eigenvalue weighted by Gasteiger charge is -2.23. The van der Waals surface area contributed by atoms with Gasteiger partial charge in [0.2, 0.25) is 0 Å². The first kappa shape index (κ1) is 16.6. The zero-order chi connectivity index (χ0) is 17.0. The van der Waals surface area contributed by atoms with Crippen molar-refractivity contribution in [2.45, 2.75) is 25.4 Å². The molecule has 0 aliphatic carbocycles. The predicted molar refractivity (Wildman–Crippen MR) is 85.0 cm³/mol. The van der Waals surface area contributed by atoms with Gasteiger partial charge in [-0.3, -0.25) is 14.9 Å². The van der Waals surface area contributed by atoms with Gasteiger partial charge in [0, 0.05) is 18.6 Å². The maximum absolute atomic E-state index is 10.6. The van der Waals surface area contributed by atoms with Crippen molar-refractivity contribution in [1.29, 1.82) is 0 Å². The van der Waals surface area contributed by atoms with Crippen LogP contribution in [0.4, 0.5) is 5.69 Å². The van der Waals surface area contributed by atoms with Crippen LogP contribution in [0.25, 0.3) is 11.1 Å². The quantitative estimate of drug-likeness (QED) is 0.629. The monoisotopic (exact) mass is 315 g/mol. The molecule has 2 N–H and O–H groups in total. The molecule has 0 aliphatic heterocycles. The molecule has 0 heterocycles. The van der Waals surface area contributed by atoms with Crippen molar-refractivity contribution in [3.8, 4) is 11.1 Å². The standard InChI is InChI=1S/C17H17NO5/c1-17(21,11-10-16(19)20)14-6-2-12(3-7-14)13-4-8-15(9-5-13)18(22)23/h2-9,21H,10-11H2,1H3,(H,19,20). The number of nitro benzene ring substituents is 1. The Kier molecular flexibility index (Phi) is 4.76. The van der Waals surface area contributed by atoms with Crippen molar-refractivity contribution in [2.75, 3.05) is 0 Å². The molecular weight excluding hydrogens is 298 g/mol. The van der Waals surface area contributed by atoms with E-state index in [1.54, 1.807) is 43.3 Å². The third kappa shape index (κ3) is 4.14. The molecule has 0 aromatic heterocycles. The number of hydrogen-bond acceptors (Lipinski definition) is 4. The average molecular weight is 315 g/mol. The third-order valence-corrected chi connectivity index (χ3v) is 3.74. The normalized spacial score (nSPS) is 13.3. The minimum absolute atomic E-state index is 0.0296. The Morgan fingerprint density at radius 1 is 1.09 bits per heavy atom. The summed E-state index contributed by atoms with van der Waals surface area (Å²) in [6.07, 6.45) is 0.0102. The Morgan fingerprint density at radius 3 is 2.00 bits per heavy atom. The summed E-state index contributed by atoms with van der Waals surface area (Å²) in [6, 6.07) is 13.3. The molecule has 0 spiro atoms. The minimum atomic E-state index is -1.22. The highest BCUT2D eigenvalue weighted by Gasteiger charge is 2.23. The molecule has 6 nitrogen and oxygen atoms in total.